The molecule has 0 aromatic carbocycles. The van der Waals surface area contributed by atoms with E-state index in [1.54, 1.807) is 12.4 Å². The van der Waals surface area contributed by atoms with E-state index in [2.05, 4.69) is 29.1 Å². The molecular formula is C10H16ClN3. The van der Waals surface area contributed by atoms with Crippen molar-refractivity contribution in [2.75, 3.05) is 6.54 Å². The number of likely N-dealkylation sites (N-methyl/N-ethyl adjacent to an activating group) is 1. The number of nitrogens with zero attached hydrogens (tertiary/aromatic N) is 2. The lowest BCUT2D eigenvalue weighted by Crippen LogP contribution is -2.30. The number of halogens is 1. The Morgan fingerprint density at radius 1 is 1.36 bits per heavy atom. The minimum absolute atomic E-state index is 0.459. The summed E-state index contributed by atoms with van der Waals surface area (Å²) >= 11 is 5.70. The van der Waals surface area contributed by atoms with E-state index in [1.165, 1.54) is 0 Å². The summed E-state index contributed by atoms with van der Waals surface area (Å²) in [7, 11) is 0. The van der Waals surface area contributed by atoms with Gasteiger partial charge in [0.1, 0.15) is 5.82 Å². The van der Waals surface area contributed by atoms with E-state index >= 15 is 0 Å². The molecule has 1 unspecified atom stereocenters. The van der Waals surface area contributed by atoms with Crippen molar-refractivity contribution in [1.82, 2.24) is 15.3 Å². The highest BCUT2D eigenvalue weighted by molar-refractivity contribution is 6.30. The lowest BCUT2D eigenvalue weighted by Gasteiger charge is -2.14. The van der Waals surface area contributed by atoms with E-state index < -0.39 is 0 Å². The average Bonchev–Trinajstić information content (AvgIpc) is 2.20. The van der Waals surface area contributed by atoms with Crippen LogP contribution in [0.3, 0.4) is 0 Å². The summed E-state index contributed by atoms with van der Waals surface area (Å²) in [5.41, 5.74) is 0. The Bertz CT molecular complexity index is 261. The molecule has 78 valence electrons. The van der Waals surface area contributed by atoms with Crippen LogP contribution in [-0.2, 0) is 6.42 Å². The first-order valence-electron chi connectivity index (χ1n) is 4.96. The third-order valence-corrected chi connectivity index (χ3v) is 2.28. The molecule has 1 aromatic rings. The summed E-state index contributed by atoms with van der Waals surface area (Å²) in [6, 6.07) is 0.459. The minimum atomic E-state index is 0.459. The molecule has 0 aliphatic heterocycles. The van der Waals surface area contributed by atoms with Gasteiger partial charge >= 0.3 is 0 Å². The van der Waals surface area contributed by atoms with Crippen LogP contribution in [0.5, 0.6) is 0 Å². The Kier molecular flexibility index (Phi) is 4.84. The Morgan fingerprint density at radius 3 is 2.50 bits per heavy atom. The van der Waals surface area contributed by atoms with Gasteiger partial charge in [-0.2, -0.15) is 0 Å². The maximum absolute atomic E-state index is 5.70. The number of hydrogen-bond acceptors (Lipinski definition) is 3. The fourth-order valence-electron chi connectivity index (χ4n) is 1.31. The summed E-state index contributed by atoms with van der Waals surface area (Å²) in [4.78, 5) is 8.33. The van der Waals surface area contributed by atoms with Crippen molar-refractivity contribution in [3.63, 3.8) is 0 Å². The van der Waals surface area contributed by atoms with Crippen LogP contribution >= 0.6 is 11.6 Å². The van der Waals surface area contributed by atoms with Crippen molar-refractivity contribution in [1.29, 1.82) is 0 Å². The van der Waals surface area contributed by atoms with Crippen LogP contribution in [0.2, 0.25) is 5.02 Å². The maximum Gasteiger partial charge on any atom is 0.129 e. The van der Waals surface area contributed by atoms with Crippen molar-refractivity contribution in [3.8, 4) is 0 Å². The molecule has 0 saturated heterocycles. The monoisotopic (exact) mass is 213 g/mol. The molecule has 3 nitrogen and oxygen atoms in total. The third-order valence-electron chi connectivity index (χ3n) is 2.09. The van der Waals surface area contributed by atoms with Crippen LogP contribution in [-0.4, -0.2) is 22.6 Å². The normalized spacial score (nSPS) is 12.8. The second-order valence-electron chi connectivity index (χ2n) is 3.18. The van der Waals surface area contributed by atoms with Gasteiger partial charge in [-0.05, 0) is 13.0 Å². The van der Waals surface area contributed by atoms with Crippen LogP contribution in [0.4, 0.5) is 0 Å². The topological polar surface area (TPSA) is 37.8 Å². The number of aromatic nitrogens is 2. The summed E-state index contributed by atoms with van der Waals surface area (Å²) in [5.74, 6) is 0.849. The molecule has 1 aromatic heterocycles. The number of hydrogen-bond donors (Lipinski definition) is 1. The van der Waals surface area contributed by atoms with E-state index in [-0.39, 0.29) is 0 Å². The minimum Gasteiger partial charge on any atom is -0.314 e. The van der Waals surface area contributed by atoms with Gasteiger partial charge in [0.2, 0.25) is 0 Å². The zero-order valence-electron chi connectivity index (χ0n) is 8.63. The predicted octanol–water partition coefficient (Wildman–Crippen LogP) is 2.06. The van der Waals surface area contributed by atoms with E-state index in [0.29, 0.717) is 11.1 Å². The number of nitrogens with one attached hydrogen (secondary N) is 1. The molecule has 1 atom stereocenters. The van der Waals surface area contributed by atoms with E-state index in [0.717, 1.165) is 25.2 Å². The summed E-state index contributed by atoms with van der Waals surface area (Å²) < 4.78 is 0. The van der Waals surface area contributed by atoms with Gasteiger partial charge in [0.05, 0.1) is 5.02 Å². The van der Waals surface area contributed by atoms with Crippen molar-refractivity contribution < 1.29 is 0 Å². The van der Waals surface area contributed by atoms with Crippen LogP contribution in [0.15, 0.2) is 12.4 Å². The quantitative estimate of drug-likeness (QED) is 0.814. The van der Waals surface area contributed by atoms with Crippen molar-refractivity contribution in [3.05, 3.63) is 23.2 Å². The van der Waals surface area contributed by atoms with Crippen LogP contribution in [0, 0.1) is 0 Å². The van der Waals surface area contributed by atoms with Gasteiger partial charge in [0.25, 0.3) is 0 Å². The highest BCUT2D eigenvalue weighted by atomic mass is 35.5. The molecule has 0 bridgehead atoms. The molecule has 0 spiro atoms. The smallest absolute Gasteiger partial charge is 0.129 e. The molecule has 0 saturated carbocycles. The second-order valence-corrected chi connectivity index (χ2v) is 3.62. The van der Waals surface area contributed by atoms with Gasteiger partial charge in [-0.15, -0.1) is 0 Å². The van der Waals surface area contributed by atoms with Crippen LogP contribution in [0.1, 0.15) is 26.1 Å². The fraction of sp³-hybridized carbons (Fsp3) is 0.600. The first-order valence-corrected chi connectivity index (χ1v) is 5.33. The molecule has 0 amide bonds. The predicted molar refractivity (Wildman–Crippen MR) is 58.5 cm³/mol. The number of rotatable bonds is 5. The first kappa shape index (κ1) is 11.4. The lowest BCUT2D eigenvalue weighted by atomic mass is 10.1. The van der Waals surface area contributed by atoms with E-state index in [1.807, 2.05) is 0 Å². The van der Waals surface area contributed by atoms with Crippen LogP contribution < -0.4 is 5.32 Å². The summed E-state index contributed by atoms with van der Waals surface area (Å²) in [5, 5.41) is 3.97. The highest BCUT2D eigenvalue weighted by Gasteiger charge is 2.07. The molecule has 0 aliphatic carbocycles. The standard InChI is InChI=1S/C10H16ClN3/c1-3-9(12-4-2)5-10-13-6-8(11)7-14-10/h6-7,9,12H,3-5H2,1-2H3. The maximum atomic E-state index is 5.70. The van der Waals surface area contributed by atoms with Gasteiger partial charge in [-0.3, -0.25) is 0 Å². The fourth-order valence-corrected chi connectivity index (χ4v) is 1.41. The first-order chi connectivity index (χ1) is 6.76. The Labute approximate surface area is 89.9 Å². The van der Waals surface area contributed by atoms with Gasteiger partial charge in [0.15, 0.2) is 0 Å². The molecule has 14 heavy (non-hydrogen) atoms. The van der Waals surface area contributed by atoms with Crippen molar-refractivity contribution in [2.24, 2.45) is 0 Å². The molecule has 1 rings (SSSR count). The van der Waals surface area contributed by atoms with Gasteiger partial charge in [0, 0.05) is 24.9 Å². The Morgan fingerprint density at radius 2 is 2.00 bits per heavy atom. The molecular weight excluding hydrogens is 198 g/mol. The van der Waals surface area contributed by atoms with E-state index in [4.69, 9.17) is 11.6 Å². The van der Waals surface area contributed by atoms with Gasteiger partial charge < -0.3 is 5.32 Å². The summed E-state index contributed by atoms with van der Waals surface area (Å²) in [6.45, 7) is 5.24. The largest absolute Gasteiger partial charge is 0.314 e. The Balaban J connectivity index is 2.53. The lowest BCUT2D eigenvalue weighted by molar-refractivity contribution is 0.500. The second kappa shape index (κ2) is 5.94. The molecule has 0 aliphatic rings. The van der Waals surface area contributed by atoms with Gasteiger partial charge in [-0.1, -0.05) is 25.4 Å². The SMILES string of the molecule is CCNC(CC)Cc1ncc(Cl)cn1. The molecule has 1 heterocycles. The van der Waals surface area contributed by atoms with E-state index in [9.17, 15) is 0 Å². The molecule has 1 N–H and O–H groups in total. The summed E-state index contributed by atoms with van der Waals surface area (Å²) in [6.07, 6.45) is 5.23. The zero-order chi connectivity index (χ0) is 10.4. The zero-order valence-corrected chi connectivity index (χ0v) is 9.38. The highest BCUT2D eigenvalue weighted by Crippen LogP contribution is 2.05. The third kappa shape index (κ3) is 3.60. The average molecular weight is 214 g/mol. The van der Waals surface area contributed by atoms with Gasteiger partial charge in [-0.25, -0.2) is 9.97 Å². The Hall–Kier alpha value is -0.670. The molecule has 0 radical (unpaired) electrons. The molecule has 4 heteroatoms. The van der Waals surface area contributed by atoms with Crippen molar-refractivity contribution in [2.45, 2.75) is 32.7 Å². The van der Waals surface area contributed by atoms with Crippen LogP contribution in [0.25, 0.3) is 0 Å². The molecule has 0 fully saturated rings. The van der Waals surface area contributed by atoms with Crippen molar-refractivity contribution >= 4 is 11.6 Å².